The van der Waals surface area contributed by atoms with E-state index in [1.54, 1.807) is 11.3 Å². The van der Waals surface area contributed by atoms with Crippen LogP contribution < -0.4 is 10.5 Å². The van der Waals surface area contributed by atoms with Gasteiger partial charge in [-0.1, -0.05) is 18.3 Å². The van der Waals surface area contributed by atoms with Gasteiger partial charge in [0, 0.05) is 37.6 Å². The Morgan fingerprint density at radius 3 is 2.77 bits per heavy atom. The highest BCUT2D eigenvalue weighted by atomic mass is 32.1. The van der Waals surface area contributed by atoms with E-state index in [0.29, 0.717) is 5.58 Å². The maximum absolute atomic E-state index is 11.3. The fourth-order valence-corrected chi connectivity index (χ4v) is 4.05. The average molecular weight is 315 g/mol. The third-order valence-corrected chi connectivity index (χ3v) is 5.40. The quantitative estimate of drug-likeness (QED) is 0.680. The van der Waals surface area contributed by atoms with Gasteiger partial charge in [-0.25, -0.2) is 9.78 Å². The first-order valence-electron chi connectivity index (χ1n) is 7.55. The van der Waals surface area contributed by atoms with Gasteiger partial charge in [-0.15, -0.1) is 0 Å². The van der Waals surface area contributed by atoms with Crippen LogP contribution in [0.4, 0.5) is 5.13 Å². The number of nitrogens with zero attached hydrogens (tertiary/aromatic N) is 3. The largest absolute Gasteiger partial charge is 0.423 e. The van der Waals surface area contributed by atoms with Gasteiger partial charge in [0.2, 0.25) is 0 Å². The van der Waals surface area contributed by atoms with Crippen molar-refractivity contribution in [2.45, 2.75) is 6.92 Å². The molecule has 5 nitrogen and oxygen atoms in total. The topological polar surface area (TPSA) is 49.6 Å². The molecule has 0 radical (unpaired) electrons. The van der Waals surface area contributed by atoms with Crippen LogP contribution in [0.5, 0.6) is 0 Å². The molecule has 4 rings (SSSR count). The molecule has 22 heavy (non-hydrogen) atoms. The van der Waals surface area contributed by atoms with Crippen LogP contribution >= 0.6 is 11.3 Å². The number of rotatable bonds is 2. The Bertz CT molecular complexity index is 878. The third-order valence-electron chi connectivity index (χ3n) is 4.23. The molecule has 1 aliphatic heterocycles. The minimum Gasteiger partial charge on any atom is -0.423 e. The van der Waals surface area contributed by atoms with E-state index in [9.17, 15) is 4.79 Å². The molecule has 0 amide bonds. The van der Waals surface area contributed by atoms with Gasteiger partial charge in [-0.05, 0) is 24.7 Å². The highest BCUT2D eigenvalue weighted by Gasteiger charge is 2.19. The molecule has 6 heteroatoms. The summed E-state index contributed by atoms with van der Waals surface area (Å²) in [6.07, 6.45) is 0. The second-order valence-corrected chi connectivity index (χ2v) is 6.48. The van der Waals surface area contributed by atoms with E-state index in [1.165, 1.54) is 6.07 Å². The summed E-state index contributed by atoms with van der Waals surface area (Å²) < 4.78 is 6.35. The van der Waals surface area contributed by atoms with E-state index in [0.717, 1.165) is 53.5 Å². The zero-order valence-electron chi connectivity index (χ0n) is 12.4. The average Bonchev–Trinajstić information content (AvgIpc) is 2.99. The van der Waals surface area contributed by atoms with Gasteiger partial charge in [0.25, 0.3) is 0 Å². The maximum Gasteiger partial charge on any atom is 0.336 e. The number of anilines is 1. The second kappa shape index (κ2) is 5.37. The van der Waals surface area contributed by atoms with Gasteiger partial charge < -0.3 is 14.2 Å². The molecule has 3 aromatic rings. The van der Waals surface area contributed by atoms with Gasteiger partial charge in [0.1, 0.15) is 5.58 Å². The Hall–Kier alpha value is -1.92. The summed E-state index contributed by atoms with van der Waals surface area (Å²) >= 11 is 1.68. The lowest BCUT2D eigenvalue weighted by molar-refractivity contribution is 0.271. The maximum atomic E-state index is 11.3. The summed E-state index contributed by atoms with van der Waals surface area (Å²) in [4.78, 5) is 20.9. The van der Waals surface area contributed by atoms with Crippen LogP contribution in [0.25, 0.3) is 21.2 Å². The van der Waals surface area contributed by atoms with Gasteiger partial charge in [-0.3, -0.25) is 0 Å². The van der Waals surface area contributed by atoms with E-state index in [1.807, 2.05) is 18.2 Å². The van der Waals surface area contributed by atoms with Crippen molar-refractivity contribution in [2.24, 2.45) is 0 Å². The highest BCUT2D eigenvalue weighted by Crippen LogP contribution is 2.34. The van der Waals surface area contributed by atoms with Gasteiger partial charge >= 0.3 is 5.63 Å². The monoisotopic (exact) mass is 315 g/mol. The van der Waals surface area contributed by atoms with Crippen molar-refractivity contribution in [2.75, 3.05) is 37.6 Å². The van der Waals surface area contributed by atoms with Crippen molar-refractivity contribution in [3.05, 3.63) is 34.7 Å². The van der Waals surface area contributed by atoms with Crippen LogP contribution in [0.3, 0.4) is 0 Å². The molecule has 0 unspecified atom stereocenters. The highest BCUT2D eigenvalue weighted by molar-refractivity contribution is 7.23. The number of hydrogen-bond acceptors (Lipinski definition) is 6. The van der Waals surface area contributed by atoms with Crippen molar-refractivity contribution in [3.63, 3.8) is 0 Å². The van der Waals surface area contributed by atoms with E-state index >= 15 is 0 Å². The van der Waals surface area contributed by atoms with Crippen molar-refractivity contribution < 1.29 is 4.42 Å². The predicted molar refractivity (Wildman–Crippen MR) is 90.0 cm³/mol. The summed E-state index contributed by atoms with van der Waals surface area (Å²) in [7, 11) is 0. The molecule has 1 saturated heterocycles. The normalized spacial score (nSPS) is 16.7. The Morgan fingerprint density at radius 1 is 1.18 bits per heavy atom. The minimum atomic E-state index is -0.313. The fraction of sp³-hybridized carbons (Fsp3) is 0.375. The van der Waals surface area contributed by atoms with Crippen LogP contribution in [-0.2, 0) is 0 Å². The molecule has 3 heterocycles. The van der Waals surface area contributed by atoms with E-state index in [4.69, 9.17) is 9.40 Å². The molecule has 0 spiro atoms. The van der Waals surface area contributed by atoms with E-state index in [-0.39, 0.29) is 5.63 Å². The number of hydrogen-bond donors (Lipinski definition) is 0. The summed E-state index contributed by atoms with van der Waals surface area (Å²) in [5.41, 5.74) is 1.29. The lowest BCUT2D eigenvalue weighted by atomic mass is 10.2. The number of fused-ring (bicyclic) bond motifs is 3. The third kappa shape index (κ3) is 2.28. The Balaban J connectivity index is 1.74. The van der Waals surface area contributed by atoms with Crippen molar-refractivity contribution in [1.29, 1.82) is 0 Å². The van der Waals surface area contributed by atoms with Crippen molar-refractivity contribution in [3.8, 4) is 0 Å². The lowest BCUT2D eigenvalue weighted by Gasteiger charge is -2.33. The zero-order chi connectivity index (χ0) is 15.1. The summed E-state index contributed by atoms with van der Waals surface area (Å²) in [5, 5.41) is 2.03. The summed E-state index contributed by atoms with van der Waals surface area (Å²) in [5.74, 6) is 0. The smallest absolute Gasteiger partial charge is 0.336 e. The molecule has 1 aliphatic rings. The predicted octanol–water partition coefficient (Wildman–Crippen LogP) is 2.54. The number of aromatic nitrogens is 1. The Labute approximate surface area is 131 Å². The Kier molecular flexibility index (Phi) is 3.35. The van der Waals surface area contributed by atoms with Crippen LogP contribution in [0.1, 0.15) is 6.92 Å². The molecule has 0 bridgehead atoms. The Morgan fingerprint density at radius 2 is 2.00 bits per heavy atom. The minimum absolute atomic E-state index is 0.313. The van der Waals surface area contributed by atoms with Crippen molar-refractivity contribution in [1.82, 2.24) is 9.88 Å². The number of likely N-dealkylation sites (N-methyl/N-ethyl adjacent to an activating group) is 1. The first kappa shape index (κ1) is 13.7. The molecule has 0 saturated carbocycles. The molecule has 1 fully saturated rings. The van der Waals surface area contributed by atoms with Gasteiger partial charge in [0.15, 0.2) is 5.13 Å². The SMILES string of the molecule is CCN1CCN(c2nc3ccc4oc(=O)ccc4c3s2)CC1. The van der Waals surface area contributed by atoms with Crippen LogP contribution in [-0.4, -0.2) is 42.6 Å². The molecule has 2 aromatic heterocycles. The standard InChI is InChI=1S/C16H17N3O2S/c1-2-18-7-9-19(10-8-18)16-17-12-4-5-13-11(15(12)22-16)3-6-14(20)21-13/h3-6H,2,7-10H2,1H3. The molecule has 0 aliphatic carbocycles. The number of benzene rings is 1. The van der Waals surface area contributed by atoms with E-state index in [2.05, 4.69) is 16.7 Å². The first-order valence-corrected chi connectivity index (χ1v) is 8.37. The van der Waals surface area contributed by atoms with Crippen LogP contribution in [0.2, 0.25) is 0 Å². The van der Waals surface area contributed by atoms with Gasteiger partial charge in [0.05, 0.1) is 10.2 Å². The molecule has 0 atom stereocenters. The summed E-state index contributed by atoms with van der Waals surface area (Å²) in [6.45, 7) is 7.51. The zero-order valence-corrected chi connectivity index (χ0v) is 13.2. The molecule has 0 N–H and O–H groups in total. The van der Waals surface area contributed by atoms with Crippen molar-refractivity contribution >= 4 is 37.7 Å². The number of thiazole rings is 1. The number of piperazine rings is 1. The molecule has 114 valence electrons. The van der Waals surface area contributed by atoms with E-state index < -0.39 is 0 Å². The lowest BCUT2D eigenvalue weighted by Crippen LogP contribution is -2.46. The fourth-order valence-electron chi connectivity index (χ4n) is 2.91. The van der Waals surface area contributed by atoms with Gasteiger partial charge in [-0.2, -0.15) is 0 Å². The van der Waals surface area contributed by atoms with Crippen LogP contribution in [0, 0.1) is 0 Å². The first-order chi connectivity index (χ1) is 10.7. The van der Waals surface area contributed by atoms with Crippen LogP contribution in [0.15, 0.2) is 33.5 Å². The molecule has 1 aromatic carbocycles. The summed E-state index contributed by atoms with van der Waals surface area (Å²) in [6, 6.07) is 7.07. The second-order valence-electron chi connectivity index (χ2n) is 5.50. The molecular weight excluding hydrogens is 298 g/mol. The molecular formula is C16H17N3O2S.